The van der Waals surface area contributed by atoms with Crippen LogP contribution in [0.3, 0.4) is 0 Å². The number of phenols is 1. The number of aromatic hydroxyl groups is 1. The van der Waals surface area contributed by atoms with Crippen molar-refractivity contribution in [2.45, 2.75) is 32.2 Å². The Balaban J connectivity index is 2.02. The van der Waals surface area contributed by atoms with Crippen LogP contribution < -0.4 is 4.90 Å². The first-order chi connectivity index (χ1) is 10.2. The van der Waals surface area contributed by atoms with Crippen molar-refractivity contribution >= 4 is 5.69 Å². The summed E-state index contributed by atoms with van der Waals surface area (Å²) in [5.41, 5.74) is 3.05. The van der Waals surface area contributed by atoms with E-state index in [9.17, 15) is 9.50 Å². The number of hydrogen-bond donors (Lipinski definition) is 1. The van der Waals surface area contributed by atoms with Crippen LogP contribution in [-0.2, 0) is 6.42 Å². The molecule has 21 heavy (non-hydrogen) atoms. The topological polar surface area (TPSA) is 23.5 Å². The zero-order chi connectivity index (χ0) is 14.8. The third-order valence-electron chi connectivity index (χ3n) is 4.29. The van der Waals surface area contributed by atoms with Crippen molar-refractivity contribution in [1.82, 2.24) is 0 Å². The molecule has 0 aromatic heterocycles. The third-order valence-corrected chi connectivity index (χ3v) is 4.29. The molecule has 0 amide bonds. The fraction of sp³-hybridized carbons (Fsp3) is 0.333. The molecule has 0 fully saturated rings. The number of para-hydroxylation sites is 1. The first-order valence-corrected chi connectivity index (χ1v) is 7.53. The Hall–Kier alpha value is -2.03. The van der Waals surface area contributed by atoms with E-state index in [1.54, 1.807) is 12.1 Å². The standard InChI is InChI=1S/C18H20FNO/c1-2-20(18-8-4-3-7-16(18)19)17-9-5-6-13-12-14(21)10-11-15(13)17/h3-4,7-8,10-12,17,21H,2,5-6,9H2,1H3. The van der Waals surface area contributed by atoms with Gasteiger partial charge in [0, 0.05) is 6.54 Å². The number of hydrogen-bond acceptors (Lipinski definition) is 2. The monoisotopic (exact) mass is 285 g/mol. The van der Waals surface area contributed by atoms with E-state index in [4.69, 9.17) is 0 Å². The van der Waals surface area contributed by atoms with Crippen molar-refractivity contribution < 1.29 is 9.50 Å². The second-order valence-corrected chi connectivity index (χ2v) is 5.53. The lowest BCUT2D eigenvalue weighted by Crippen LogP contribution is -2.31. The predicted molar refractivity (Wildman–Crippen MR) is 83.2 cm³/mol. The zero-order valence-electron chi connectivity index (χ0n) is 12.2. The van der Waals surface area contributed by atoms with Crippen LogP contribution >= 0.6 is 0 Å². The van der Waals surface area contributed by atoms with E-state index in [-0.39, 0.29) is 11.9 Å². The number of anilines is 1. The van der Waals surface area contributed by atoms with Crippen LogP contribution in [0.4, 0.5) is 10.1 Å². The minimum atomic E-state index is -0.176. The summed E-state index contributed by atoms with van der Waals surface area (Å²) >= 11 is 0. The van der Waals surface area contributed by atoms with Crippen molar-refractivity contribution in [3.05, 3.63) is 59.4 Å². The Bertz CT molecular complexity index is 641. The molecule has 1 aliphatic rings. The van der Waals surface area contributed by atoms with Crippen LogP contribution in [0, 0.1) is 5.82 Å². The van der Waals surface area contributed by atoms with Gasteiger partial charge in [-0.1, -0.05) is 18.2 Å². The number of rotatable bonds is 3. The highest BCUT2D eigenvalue weighted by atomic mass is 19.1. The molecule has 1 N–H and O–H groups in total. The molecular formula is C18H20FNO. The van der Waals surface area contributed by atoms with Gasteiger partial charge in [0.05, 0.1) is 11.7 Å². The lowest BCUT2D eigenvalue weighted by Gasteiger charge is -2.37. The number of nitrogens with zero attached hydrogens (tertiary/aromatic N) is 1. The summed E-state index contributed by atoms with van der Waals surface area (Å²) in [7, 11) is 0. The SMILES string of the molecule is CCN(c1ccccc1F)C1CCCc2cc(O)ccc21. The maximum absolute atomic E-state index is 14.1. The largest absolute Gasteiger partial charge is 0.508 e. The van der Waals surface area contributed by atoms with Crippen molar-refractivity contribution in [1.29, 1.82) is 0 Å². The summed E-state index contributed by atoms with van der Waals surface area (Å²) in [5, 5.41) is 9.66. The second-order valence-electron chi connectivity index (χ2n) is 5.53. The summed E-state index contributed by atoms with van der Waals surface area (Å²) in [6, 6.07) is 12.7. The van der Waals surface area contributed by atoms with Crippen LogP contribution in [0.15, 0.2) is 42.5 Å². The summed E-state index contributed by atoms with van der Waals surface area (Å²) in [6.07, 6.45) is 3.06. The van der Waals surface area contributed by atoms with Gasteiger partial charge in [-0.2, -0.15) is 0 Å². The van der Waals surface area contributed by atoms with Crippen LogP contribution in [0.1, 0.15) is 36.9 Å². The molecule has 0 bridgehead atoms. The number of phenolic OH excluding ortho intramolecular Hbond substituents is 1. The molecule has 1 unspecified atom stereocenters. The fourth-order valence-corrected chi connectivity index (χ4v) is 3.34. The fourth-order valence-electron chi connectivity index (χ4n) is 3.34. The lowest BCUT2D eigenvalue weighted by atomic mass is 9.86. The Morgan fingerprint density at radius 3 is 2.81 bits per heavy atom. The van der Waals surface area contributed by atoms with Gasteiger partial charge in [-0.05, 0) is 61.6 Å². The summed E-state index contributed by atoms with van der Waals surface area (Å²) in [4.78, 5) is 2.13. The van der Waals surface area contributed by atoms with E-state index in [0.29, 0.717) is 11.4 Å². The Morgan fingerprint density at radius 2 is 2.05 bits per heavy atom. The third kappa shape index (κ3) is 2.60. The summed E-state index contributed by atoms with van der Waals surface area (Å²) in [6.45, 7) is 2.81. The molecule has 1 aliphatic carbocycles. The normalized spacial score (nSPS) is 17.3. The lowest BCUT2D eigenvalue weighted by molar-refractivity contribution is 0.469. The van der Waals surface area contributed by atoms with Crippen LogP contribution in [0.25, 0.3) is 0 Å². The maximum atomic E-state index is 14.1. The van der Waals surface area contributed by atoms with E-state index in [2.05, 4.69) is 11.8 Å². The van der Waals surface area contributed by atoms with Crippen LogP contribution in [-0.4, -0.2) is 11.7 Å². The number of fused-ring (bicyclic) bond motifs is 1. The average Bonchev–Trinajstić information content (AvgIpc) is 2.49. The molecule has 2 nitrogen and oxygen atoms in total. The van der Waals surface area contributed by atoms with Crippen molar-refractivity contribution in [3.63, 3.8) is 0 Å². The average molecular weight is 285 g/mol. The van der Waals surface area contributed by atoms with Crippen molar-refractivity contribution in [2.24, 2.45) is 0 Å². The molecule has 3 rings (SSSR count). The minimum absolute atomic E-state index is 0.176. The number of aryl methyl sites for hydroxylation is 1. The van der Waals surface area contributed by atoms with Crippen molar-refractivity contribution in [3.8, 4) is 5.75 Å². The molecule has 0 spiro atoms. The van der Waals surface area contributed by atoms with E-state index in [1.807, 2.05) is 24.3 Å². The molecule has 0 heterocycles. The van der Waals surface area contributed by atoms with Crippen LogP contribution in [0.5, 0.6) is 5.75 Å². The van der Waals surface area contributed by atoms with E-state index in [0.717, 1.165) is 25.8 Å². The quantitative estimate of drug-likeness (QED) is 0.901. The summed E-state index contributed by atoms with van der Waals surface area (Å²) in [5.74, 6) is 0.133. The molecule has 110 valence electrons. The molecule has 0 saturated carbocycles. The second kappa shape index (κ2) is 5.76. The predicted octanol–water partition coefficient (Wildman–Crippen LogP) is 4.44. The highest BCUT2D eigenvalue weighted by Gasteiger charge is 2.26. The van der Waals surface area contributed by atoms with Gasteiger partial charge in [-0.25, -0.2) is 4.39 Å². The Morgan fingerprint density at radius 1 is 1.24 bits per heavy atom. The van der Waals surface area contributed by atoms with Crippen LogP contribution in [0.2, 0.25) is 0 Å². The van der Waals surface area contributed by atoms with Gasteiger partial charge in [0.25, 0.3) is 0 Å². The van der Waals surface area contributed by atoms with Gasteiger partial charge < -0.3 is 10.0 Å². The molecule has 2 aromatic carbocycles. The van der Waals surface area contributed by atoms with E-state index < -0.39 is 0 Å². The molecule has 1 atom stereocenters. The number of benzene rings is 2. The summed E-state index contributed by atoms with van der Waals surface area (Å²) < 4.78 is 14.1. The first kappa shape index (κ1) is 13.9. The van der Waals surface area contributed by atoms with Gasteiger partial charge in [-0.3, -0.25) is 0 Å². The minimum Gasteiger partial charge on any atom is -0.508 e. The number of halogens is 1. The molecule has 2 aromatic rings. The van der Waals surface area contributed by atoms with Gasteiger partial charge in [0.2, 0.25) is 0 Å². The maximum Gasteiger partial charge on any atom is 0.146 e. The first-order valence-electron chi connectivity index (χ1n) is 7.53. The van der Waals surface area contributed by atoms with E-state index >= 15 is 0 Å². The molecule has 0 aliphatic heterocycles. The zero-order valence-corrected chi connectivity index (χ0v) is 12.2. The highest BCUT2D eigenvalue weighted by Crippen LogP contribution is 2.38. The Kier molecular flexibility index (Phi) is 3.82. The van der Waals surface area contributed by atoms with Gasteiger partial charge in [0.1, 0.15) is 11.6 Å². The van der Waals surface area contributed by atoms with Gasteiger partial charge >= 0.3 is 0 Å². The smallest absolute Gasteiger partial charge is 0.146 e. The molecular weight excluding hydrogens is 265 g/mol. The highest BCUT2D eigenvalue weighted by molar-refractivity contribution is 5.52. The molecule has 0 saturated heterocycles. The van der Waals surface area contributed by atoms with Crippen molar-refractivity contribution in [2.75, 3.05) is 11.4 Å². The van der Waals surface area contributed by atoms with Gasteiger partial charge in [0.15, 0.2) is 0 Å². The molecule has 3 heteroatoms. The van der Waals surface area contributed by atoms with E-state index in [1.165, 1.54) is 17.2 Å². The Labute approximate surface area is 124 Å². The van der Waals surface area contributed by atoms with Gasteiger partial charge in [-0.15, -0.1) is 0 Å². The molecule has 0 radical (unpaired) electrons.